The van der Waals surface area contributed by atoms with Crippen LogP contribution in [0, 0.1) is 0 Å². The van der Waals surface area contributed by atoms with Crippen molar-refractivity contribution in [2.24, 2.45) is 17.3 Å². The molecular formula is C10H21N5O2. The number of likely N-dealkylation sites (N-methyl/N-ethyl adjacent to an activating group) is 1. The molecule has 7 heteroatoms. The van der Waals surface area contributed by atoms with Crippen LogP contribution in [0.4, 0.5) is 0 Å². The van der Waals surface area contributed by atoms with Crippen molar-refractivity contribution in [3.8, 4) is 0 Å². The zero-order chi connectivity index (χ0) is 12.6. The molecule has 0 amide bonds. The molecule has 2 heterocycles. The second kappa shape index (κ2) is 4.43. The lowest BCUT2D eigenvalue weighted by atomic mass is 9.99. The standard InChI is InChI=1S/C10H21N5O2/c1-14-2-7(11)8(3-14)15(13)4-9(12)10(16)5-17-6-10/h4,7-8,16H,2-3,5-6,11-13H2,1H3/b9-4-. The maximum atomic E-state index is 9.95. The van der Waals surface area contributed by atoms with Crippen LogP contribution in [0.3, 0.4) is 0 Å². The normalized spacial score (nSPS) is 33.5. The van der Waals surface area contributed by atoms with Crippen LogP contribution in [-0.4, -0.2) is 66.1 Å². The fourth-order valence-electron chi connectivity index (χ4n) is 2.16. The van der Waals surface area contributed by atoms with E-state index in [4.69, 9.17) is 22.0 Å². The average molecular weight is 243 g/mol. The average Bonchev–Trinajstić information content (AvgIpc) is 2.54. The van der Waals surface area contributed by atoms with E-state index in [0.29, 0.717) is 5.70 Å². The number of nitrogens with zero attached hydrogens (tertiary/aromatic N) is 2. The van der Waals surface area contributed by atoms with Gasteiger partial charge in [0, 0.05) is 25.3 Å². The van der Waals surface area contributed by atoms with E-state index in [9.17, 15) is 5.11 Å². The van der Waals surface area contributed by atoms with Crippen LogP contribution in [0.2, 0.25) is 0 Å². The van der Waals surface area contributed by atoms with E-state index in [1.165, 1.54) is 5.01 Å². The van der Waals surface area contributed by atoms with Gasteiger partial charge in [0.2, 0.25) is 0 Å². The SMILES string of the molecule is CN1CC(N)C(N(N)/C=C(\N)C2(O)COC2)C1. The first-order chi connectivity index (χ1) is 7.92. The maximum Gasteiger partial charge on any atom is 0.151 e. The van der Waals surface area contributed by atoms with Crippen molar-refractivity contribution in [2.75, 3.05) is 33.4 Å². The van der Waals surface area contributed by atoms with Crippen LogP contribution in [-0.2, 0) is 4.74 Å². The first-order valence-corrected chi connectivity index (χ1v) is 5.67. The predicted octanol–water partition coefficient (Wildman–Crippen LogP) is -2.64. The summed E-state index contributed by atoms with van der Waals surface area (Å²) < 4.78 is 4.94. The van der Waals surface area contributed by atoms with Gasteiger partial charge in [-0.25, -0.2) is 5.84 Å². The Morgan fingerprint density at radius 3 is 2.59 bits per heavy atom. The molecule has 0 saturated carbocycles. The number of hydrogen-bond acceptors (Lipinski definition) is 7. The smallest absolute Gasteiger partial charge is 0.151 e. The summed E-state index contributed by atoms with van der Waals surface area (Å²) in [6.07, 6.45) is 1.56. The van der Waals surface area contributed by atoms with Gasteiger partial charge in [0.15, 0.2) is 5.60 Å². The van der Waals surface area contributed by atoms with Gasteiger partial charge in [0.25, 0.3) is 0 Å². The molecule has 0 spiro atoms. The summed E-state index contributed by atoms with van der Waals surface area (Å²) in [7, 11) is 1.99. The van der Waals surface area contributed by atoms with Gasteiger partial charge in [-0.05, 0) is 7.05 Å². The summed E-state index contributed by atoms with van der Waals surface area (Å²) in [5.74, 6) is 5.93. The van der Waals surface area contributed by atoms with E-state index < -0.39 is 5.60 Å². The minimum absolute atomic E-state index is 0.0127. The number of hydrogen-bond donors (Lipinski definition) is 4. The zero-order valence-electron chi connectivity index (χ0n) is 10.0. The molecule has 2 unspecified atom stereocenters. The molecule has 98 valence electrons. The number of ether oxygens (including phenoxy) is 1. The first kappa shape index (κ1) is 12.6. The minimum atomic E-state index is -1.06. The number of aliphatic hydroxyl groups is 1. The second-order valence-corrected chi connectivity index (χ2v) is 5.01. The van der Waals surface area contributed by atoms with E-state index in [0.717, 1.165) is 13.1 Å². The highest BCUT2D eigenvalue weighted by molar-refractivity contribution is 5.16. The molecular weight excluding hydrogens is 222 g/mol. The predicted molar refractivity (Wildman–Crippen MR) is 63.3 cm³/mol. The van der Waals surface area contributed by atoms with Crippen molar-refractivity contribution >= 4 is 0 Å². The molecule has 0 aromatic carbocycles. The van der Waals surface area contributed by atoms with Gasteiger partial charge in [0.05, 0.1) is 25.0 Å². The Morgan fingerprint density at radius 2 is 2.18 bits per heavy atom. The zero-order valence-corrected chi connectivity index (χ0v) is 10.0. The van der Waals surface area contributed by atoms with E-state index in [1.807, 2.05) is 7.05 Å². The maximum absolute atomic E-state index is 9.95. The quantitative estimate of drug-likeness (QED) is 0.316. The molecule has 2 fully saturated rings. The summed E-state index contributed by atoms with van der Waals surface area (Å²) >= 11 is 0. The van der Waals surface area contributed by atoms with Gasteiger partial charge >= 0.3 is 0 Å². The van der Waals surface area contributed by atoms with E-state index in [1.54, 1.807) is 6.20 Å². The van der Waals surface area contributed by atoms with E-state index in [-0.39, 0.29) is 25.3 Å². The molecule has 0 aliphatic carbocycles. The van der Waals surface area contributed by atoms with E-state index >= 15 is 0 Å². The highest BCUT2D eigenvalue weighted by atomic mass is 16.5. The second-order valence-electron chi connectivity index (χ2n) is 5.01. The number of rotatable bonds is 3. The molecule has 2 aliphatic rings. The first-order valence-electron chi connectivity index (χ1n) is 5.67. The summed E-state index contributed by atoms with van der Waals surface area (Å²) in [4.78, 5) is 2.11. The molecule has 2 rings (SSSR count). The molecule has 7 N–H and O–H groups in total. The van der Waals surface area contributed by atoms with Crippen LogP contribution in [0.5, 0.6) is 0 Å². The number of nitrogens with two attached hydrogens (primary N) is 3. The van der Waals surface area contributed by atoms with Gasteiger partial charge < -0.3 is 31.2 Å². The van der Waals surface area contributed by atoms with E-state index in [2.05, 4.69) is 4.90 Å². The highest BCUT2D eigenvalue weighted by Crippen LogP contribution is 2.23. The summed E-state index contributed by atoms with van der Waals surface area (Å²) in [5.41, 5.74) is 11.1. The Hall–Kier alpha value is -0.860. The largest absolute Gasteiger partial charge is 0.398 e. The molecule has 17 heavy (non-hydrogen) atoms. The topological polar surface area (TPSA) is 114 Å². The van der Waals surface area contributed by atoms with Crippen molar-refractivity contribution in [3.63, 3.8) is 0 Å². The van der Waals surface area contributed by atoms with Crippen molar-refractivity contribution in [2.45, 2.75) is 17.7 Å². The van der Waals surface area contributed by atoms with Crippen LogP contribution in [0.1, 0.15) is 0 Å². The number of likely N-dealkylation sites (tertiary alicyclic amines) is 1. The Bertz CT molecular complexity index is 318. The lowest BCUT2D eigenvalue weighted by Crippen LogP contribution is -2.55. The third-order valence-corrected chi connectivity index (χ3v) is 3.41. The van der Waals surface area contributed by atoms with Crippen LogP contribution >= 0.6 is 0 Å². The molecule has 0 bridgehead atoms. The molecule has 0 aromatic heterocycles. The van der Waals surface area contributed by atoms with Crippen molar-refractivity contribution in [1.29, 1.82) is 0 Å². The molecule has 0 radical (unpaired) electrons. The fraction of sp³-hybridized carbons (Fsp3) is 0.800. The third kappa shape index (κ3) is 2.38. The van der Waals surface area contributed by atoms with Crippen molar-refractivity contribution < 1.29 is 9.84 Å². The van der Waals surface area contributed by atoms with Crippen LogP contribution in [0.25, 0.3) is 0 Å². The molecule has 2 saturated heterocycles. The minimum Gasteiger partial charge on any atom is -0.398 e. The monoisotopic (exact) mass is 243 g/mol. The molecule has 0 aromatic rings. The van der Waals surface area contributed by atoms with Gasteiger partial charge in [0.1, 0.15) is 0 Å². The van der Waals surface area contributed by atoms with Crippen molar-refractivity contribution in [1.82, 2.24) is 9.91 Å². The Kier molecular flexibility index (Phi) is 3.28. The van der Waals surface area contributed by atoms with Crippen molar-refractivity contribution in [3.05, 3.63) is 11.9 Å². The van der Waals surface area contributed by atoms with Gasteiger partial charge in [-0.2, -0.15) is 0 Å². The van der Waals surface area contributed by atoms with Gasteiger partial charge in [-0.15, -0.1) is 0 Å². The van der Waals surface area contributed by atoms with Crippen LogP contribution in [0.15, 0.2) is 11.9 Å². The highest BCUT2D eigenvalue weighted by Gasteiger charge is 2.40. The van der Waals surface area contributed by atoms with Gasteiger partial charge in [-0.3, -0.25) is 0 Å². The number of hydrazine groups is 1. The summed E-state index contributed by atoms with van der Waals surface area (Å²) in [5, 5.41) is 11.4. The third-order valence-electron chi connectivity index (χ3n) is 3.41. The lowest BCUT2D eigenvalue weighted by Gasteiger charge is -2.37. The Morgan fingerprint density at radius 1 is 1.53 bits per heavy atom. The van der Waals surface area contributed by atoms with Crippen LogP contribution < -0.4 is 17.3 Å². The Labute approximate surface area is 101 Å². The molecule has 2 atom stereocenters. The summed E-state index contributed by atoms with van der Waals surface area (Å²) in [6, 6.07) is 0.00415. The van der Waals surface area contributed by atoms with Gasteiger partial charge in [-0.1, -0.05) is 0 Å². The lowest BCUT2D eigenvalue weighted by molar-refractivity contribution is -0.155. The fourth-order valence-corrected chi connectivity index (χ4v) is 2.16. The molecule has 7 nitrogen and oxygen atoms in total. The molecule has 2 aliphatic heterocycles. The summed E-state index contributed by atoms with van der Waals surface area (Å²) in [6.45, 7) is 2.04. The Balaban J connectivity index is 2.00.